The molecule has 0 aromatic heterocycles. The Kier molecular flexibility index (Phi) is 3.61. The van der Waals surface area contributed by atoms with Gasteiger partial charge in [-0.15, -0.1) is 0 Å². The molecule has 0 heterocycles. The van der Waals surface area contributed by atoms with Crippen LogP contribution in [0, 0.1) is 12.7 Å². The van der Waals surface area contributed by atoms with Gasteiger partial charge in [0.1, 0.15) is 5.82 Å². The summed E-state index contributed by atoms with van der Waals surface area (Å²) in [4.78, 5) is 1.90. The van der Waals surface area contributed by atoms with E-state index in [0.717, 1.165) is 11.1 Å². The average Bonchev–Trinajstić information content (AvgIpc) is 2.01. The molecule has 78 valence electrons. The summed E-state index contributed by atoms with van der Waals surface area (Å²) < 4.78 is 12.8. The fourth-order valence-corrected chi connectivity index (χ4v) is 1.46. The second kappa shape index (κ2) is 4.53. The normalized spacial score (nSPS) is 13.3. The number of aliphatic hydroxyl groups is 1. The van der Waals surface area contributed by atoms with Gasteiger partial charge in [-0.1, -0.05) is 6.07 Å². The van der Waals surface area contributed by atoms with Crippen molar-refractivity contribution in [2.75, 3.05) is 20.6 Å². The van der Waals surface area contributed by atoms with E-state index in [1.807, 2.05) is 19.0 Å². The van der Waals surface area contributed by atoms with Gasteiger partial charge >= 0.3 is 0 Å². The number of hydrogen-bond donors (Lipinski definition) is 1. The lowest BCUT2D eigenvalue weighted by atomic mass is 10.0. The summed E-state index contributed by atoms with van der Waals surface area (Å²) in [5.74, 6) is -0.261. The van der Waals surface area contributed by atoms with E-state index in [1.165, 1.54) is 12.1 Å². The van der Waals surface area contributed by atoms with Crippen LogP contribution in [0.25, 0.3) is 0 Å². The molecule has 14 heavy (non-hydrogen) atoms. The predicted molar refractivity (Wildman–Crippen MR) is 54.7 cm³/mol. The molecule has 0 radical (unpaired) electrons. The Labute approximate surface area is 84.0 Å². The fraction of sp³-hybridized carbons (Fsp3) is 0.455. The molecule has 1 N–H and O–H groups in total. The number of nitrogens with zero attached hydrogens (tertiary/aromatic N) is 1. The van der Waals surface area contributed by atoms with Gasteiger partial charge in [0.05, 0.1) is 6.10 Å². The van der Waals surface area contributed by atoms with Crippen LogP contribution in [0.3, 0.4) is 0 Å². The zero-order chi connectivity index (χ0) is 10.7. The van der Waals surface area contributed by atoms with Gasteiger partial charge in [-0.05, 0) is 44.3 Å². The Morgan fingerprint density at radius 3 is 2.57 bits per heavy atom. The number of aliphatic hydroxyl groups excluding tert-OH is 1. The largest absolute Gasteiger partial charge is 0.387 e. The standard InChI is InChI=1S/C11H16FNO/c1-8-6-9(12)4-5-10(8)11(14)7-13(2)3/h4-6,11,14H,7H2,1-3H3. The highest BCUT2D eigenvalue weighted by atomic mass is 19.1. The van der Waals surface area contributed by atoms with Gasteiger partial charge in [0.15, 0.2) is 0 Å². The Hall–Kier alpha value is -0.930. The maximum atomic E-state index is 12.8. The zero-order valence-electron chi connectivity index (χ0n) is 8.79. The first-order valence-electron chi connectivity index (χ1n) is 4.59. The smallest absolute Gasteiger partial charge is 0.123 e. The van der Waals surface area contributed by atoms with E-state index < -0.39 is 6.10 Å². The van der Waals surface area contributed by atoms with Crippen LogP contribution in [0.5, 0.6) is 0 Å². The maximum Gasteiger partial charge on any atom is 0.123 e. The lowest BCUT2D eigenvalue weighted by molar-refractivity contribution is 0.138. The highest BCUT2D eigenvalue weighted by Crippen LogP contribution is 2.18. The van der Waals surface area contributed by atoms with Crippen LogP contribution in [-0.2, 0) is 0 Å². The first-order chi connectivity index (χ1) is 6.50. The number of hydrogen-bond acceptors (Lipinski definition) is 2. The monoisotopic (exact) mass is 197 g/mol. The van der Waals surface area contributed by atoms with Crippen molar-refractivity contribution in [3.8, 4) is 0 Å². The topological polar surface area (TPSA) is 23.5 Å². The zero-order valence-corrected chi connectivity index (χ0v) is 8.79. The molecule has 0 bridgehead atoms. The van der Waals surface area contributed by atoms with Crippen molar-refractivity contribution in [2.24, 2.45) is 0 Å². The summed E-state index contributed by atoms with van der Waals surface area (Å²) in [5, 5.41) is 9.80. The van der Waals surface area contributed by atoms with Crippen molar-refractivity contribution >= 4 is 0 Å². The summed E-state index contributed by atoms with van der Waals surface area (Å²) in [7, 11) is 3.78. The quantitative estimate of drug-likeness (QED) is 0.797. The van der Waals surface area contributed by atoms with E-state index in [9.17, 15) is 9.50 Å². The molecule has 1 aromatic carbocycles. The summed E-state index contributed by atoms with van der Waals surface area (Å²) in [6.45, 7) is 2.35. The number of halogens is 1. The molecule has 1 rings (SSSR count). The second-order valence-electron chi connectivity index (χ2n) is 3.78. The van der Waals surface area contributed by atoms with E-state index in [1.54, 1.807) is 13.0 Å². The van der Waals surface area contributed by atoms with Gasteiger partial charge in [0.25, 0.3) is 0 Å². The molecule has 0 amide bonds. The number of benzene rings is 1. The van der Waals surface area contributed by atoms with E-state index in [-0.39, 0.29) is 5.82 Å². The Morgan fingerprint density at radius 1 is 1.43 bits per heavy atom. The summed E-state index contributed by atoms with van der Waals surface area (Å²) in [6, 6.07) is 4.45. The third-order valence-corrected chi connectivity index (χ3v) is 2.13. The average molecular weight is 197 g/mol. The number of aryl methyl sites for hydroxylation is 1. The molecule has 0 saturated heterocycles. The highest BCUT2D eigenvalue weighted by Gasteiger charge is 2.11. The Balaban J connectivity index is 2.84. The summed E-state index contributed by atoms with van der Waals surface area (Å²) in [5.41, 5.74) is 1.58. The van der Waals surface area contributed by atoms with Crippen molar-refractivity contribution in [2.45, 2.75) is 13.0 Å². The van der Waals surface area contributed by atoms with Crippen LogP contribution >= 0.6 is 0 Å². The third kappa shape index (κ3) is 2.79. The first kappa shape index (κ1) is 11.1. The first-order valence-corrected chi connectivity index (χ1v) is 4.59. The Morgan fingerprint density at radius 2 is 2.07 bits per heavy atom. The molecule has 2 nitrogen and oxygen atoms in total. The van der Waals surface area contributed by atoms with Gasteiger partial charge in [0, 0.05) is 6.54 Å². The highest BCUT2D eigenvalue weighted by molar-refractivity contribution is 5.28. The van der Waals surface area contributed by atoms with Crippen LogP contribution in [0.15, 0.2) is 18.2 Å². The van der Waals surface area contributed by atoms with Crippen molar-refractivity contribution in [3.05, 3.63) is 35.1 Å². The minimum atomic E-state index is -0.550. The van der Waals surface area contributed by atoms with Gasteiger partial charge < -0.3 is 10.0 Å². The summed E-state index contributed by atoms with van der Waals surface area (Å²) in [6.07, 6.45) is -0.550. The minimum Gasteiger partial charge on any atom is -0.387 e. The minimum absolute atomic E-state index is 0.261. The van der Waals surface area contributed by atoms with Gasteiger partial charge in [-0.3, -0.25) is 0 Å². The van der Waals surface area contributed by atoms with Crippen molar-refractivity contribution in [3.63, 3.8) is 0 Å². The molecule has 0 saturated carbocycles. The van der Waals surface area contributed by atoms with Crippen molar-refractivity contribution in [1.29, 1.82) is 0 Å². The van der Waals surface area contributed by atoms with Gasteiger partial charge in [-0.2, -0.15) is 0 Å². The van der Waals surface area contributed by atoms with Gasteiger partial charge in [-0.25, -0.2) is 4.39 Å². The van der Waals surface area contributed by atoms with Crippen LogP contribution in [0.1, 0.15) is 17.2 Å². The lowest BCUT2D eigenvalue weighted by Crippen LogP contribution is -2.20. The fourth-order valence-electron chi connectivity index (χ4n) is 1.46. The second-order valence-corrected chi connectivity index (χ2v) is 3.78. The molecule has 3 heteroatoms. The van der Waals surface area contributed by atoms with Crippen molar-refractivity contribution in [1.82, 2.24) is 4.90 Å². The van der Waals surface area contributed by atoms with E-state index in [2.05, 4.69) is 0 Å². The maximum absolute atomic E-state index is 12.8. The molecule has 0 aliphatic carbocycles. The molecule has 1 unspecified atom stereocenters. The van der Waals surface area contributed by atoms with Crippen LogP contribution < -0.4 is 0 Å². The molecule has 1 aromatic rings. The molecule has 0 spiro atoms. The predicted octanol–water partition coefficient (Wildman–Crippen LogP) is 1.73. The molecular formula is C11H16FNO. The lowest BCUT2D eigenvalue weighted by Gasteiger charge is -2.17. The molecular weight excluding hydrogens is 181 g/mol. The molecule has 0 aliphatic heterocycles. The molecule has 0 aliphatic rings. The molecule has 1 atom stereocenters. The van der Waals surface area contributed by atoms with E-state index >= 15 is 0 Å². The van der Waals surface area contributed by atoms with Gasteiger partial charge in [0.2, 0.25) is 0 Å². The molecule has 0 fully saturated rings. The van der Waals surface area contributed by atoms with Crippen molar-refractivity contribution < 1.29 is 9.50 Å². The summed E-state index contributed by atoms with van der Waals surface area (Å²) >= 11 is 0. The SMILES string of the molecule is Cc1cc(F)ccc1C(O)CN(C)C. The van der Waals surface area contributed by atoms with Crippen LogP contribution in [-0.4, -0.2) is 30.6 Å². The van der Waals surface area contributed by atoms with Crippen LogP contribution in [0.2, 0.25) is 0 Å². The third-order valence-electron chi connectivity index (χ3n) is 2.13. The van der Waals surface area contributed by atoms with Crippen LogP contribution in [0.4, 0.5) is 4.39 Å². The Bertz CT molecular complexity index is 312. The van der Waals surface area contributed by atoms with E-state index in [4.69, 9.17) is 0 Å². The number of rotatable bonds is 3. The van der Waals surface area contributed by atoms with E-state index in [0.29, 0.717) is 6.54 Å². The number of likely N-dealkylation sites (N-methyl/N-ethyl adjacent to an activating group) is 1.